The van der Waals surface area contributed by atoms with E-state index in [0.717, 1.165) is 48.9 Å². The minimum absolute atomic E-state index is 0.176. The van der Waals surface area contributed by atoms with Crippen molar-refractivity contribution in [3.05, 3.63) is 71.9 Å². The zero-order valence-electron chi connectivity index (χ0n) is 19.8. The number of likely N-dealkylation sites (N-methyl/N-ethyl adjacent to an activating group) is 1. The van der Waals surface area contributed by atoms with Crippen LogP contribution in [0.15, 0.2) is 65.8 Å². The standard InChI is InChI=1S/C26H30N4O3S/c1-29-13-15-30(16-14-29)21-9-7-20(8-10-21)28-25(31)23-5-4-12-27-26(23)34-18-19-6-11-22(32-2)17-24(19)33-3/h4-12,17H,13-16,18H2,1-3H3,(H,28,31). The van der Waals surface area contributed by atoms with Crippen LogP contribution in [0.25, 0.3) is 0 Å². The highest BCUT2D eigenvalue weighted by atomic mass is 32.2. The fraction of sp³-hybridized carbons (Fsp3) is 0.308. The lowest BCUT2D eigenvalue weighted by atomic mass is 10.2. The van der Waals surface area contributed by atoms with Crippen molar-refractivity contribution in [1.29, 1.82) is 0 Å². The number of amides is 1. The number of rotatable bonds is 8. The summed E-state index contributed by atoms with van der Waals surface area (Å²) in [5, 5.41) is 3.68. The van der Waals surface area contributed by atoms with Crippen molar-refractivity contribution < 1.29 is 14.3 Å². The molecule has 1 N–H and O–H groups in total. The summed E-state index contributed by atoms with van der Waals surface area (Å²) in [4.78, 5) is 22.2. The Morgan fingerprint density at radius 1 is 1.03 bits per heavy atom. The van der Waals surface area contributed by atoms with Crippen LogP contribution in [0.3, 0.4) is 0 Å². The summed E-state index contributed by atoms with van der Waals surface area (Å²) >= 11 is 1.50. The zero-order chi connectivity index (χ0) is 23.9. The predicted octanol–water partition coefficient (Wildman–Crippen LogP) is 4.40. The molecule has 0 radical (unpaired) electrons. The second kappa shape index (κ2) is 11.3. The maximum Gasteiger partial charge on any atom is 0.258 e. The van der Waals surface area contributed by atoms with Crippen LogP contribution in [0, 0.1) is 0 Å². The van der Waals surface area contributed by atoms with E-state index in [2.05, 4.69) is 39.3 Å². The summed E-state index contributed by atoms with van der Waals surface area (Å²) in [6.07, 6.45) is 1.70. The lowest BCUT2D eigenvalue weighted by Crippen LogP contribution is -2.44. The molecular weight excluding hydrogens is 448 g/mol. The molecule has 4 rings (SSSR count). The number of anilines is 2. The number of methoxy groups -OCH3 is 2. The molecule has 34 heavy (non-hydrogen) atoms. The number of carbonyl (C=O) groups is 1. The van der Waals surface area contributed by atoms with Gasteiger partial charge in [-0.2, -0.15) is 0 Å². The fourth-order valence-electron chi connectivity index (χ4n) is 3.81. The molecule has 8 heteroatoms. The Bertz CT molecular complexity index is 1120. The zero-order valence-corrected chi connectivity index (χ0v) is 20.6. The van der Waals surface area contributed by atoms with Crippen molar-refractivity contribution in [3.8, 4) is 11.5 Å². The van der Waals surface area contributed by atoms with Gasteiger partial charge in [0.2, 0.25) is 0 Å². The van der Waals surface area contributed by atoms with Gasteiger partial charge in [0.15, 0.2) is 0 Å². The first-order chi connectivity index (χ1) is 16.6. The van der Waals surface area contributed by atoms with E-state index in [0.29, 0.717) is 16.3 Å². The van der Waals surface area contributed by atoms with Crippen molar-refractivity contribution in [1.82, 2.24) is 9.88 Å². The average molecular weight is 479 g/mol. The van der Waals surface area contributed by atoms with E-state index in [1.165, 1.54) is 17.4 Å². The van der Waals surface area contributed by atoms with Crippen LogP contribution < -0.4 is 19.7 Å². The molecule has 1 aliphatic rings. The van der Waals surface area contributed by atoms with Gasteiger partial charge in [0.1, 0.15) is 16.5 Å². The van der Waals surface area contributed by atoms with Gasteiger partial charge in [0.05, 0.1) is 19.8 Å². The fourth-order valence-corrected chi connectivity index (χ4v) is 4.80. The van der Waals surface area contributed by atoms with Gasteiger partial charge in [0, 0.05) is 61.1 Å². The first kappa shape index (κ1) is 23.9. The summed E-state index contributed by atoms with van der Waals surface area (Å²) in [5.74, 6) is 1.92. The molecule has 2 heterocycles. The molecule has 0 saturated carbocycles. The number of nitrogens with one attached hydrogen (secondary N) is 1. The maximum atomic E-state index is 13.1. The maximum absolute atomic E-state index is 13.1. The van der Waals surface area contributed by atoms with E-state index >= 15 is 0 Å². The molecular formula is C26H30N4O3S. The van der Waals surface area contributed by atoms with Crippen LogP contribution in [0.4, 0.5) is 11.4 Å². The van der Waals surface area contributed by atoms with E-state index in [1.54, 1.807) is 32.5 Å². The predicted molar refractivity (Wildman–Crippen MR) is 137 cm³/mol. The van der Waals surface area contributed by atoms with Gasteiger partial charge in [-0.1, -0.05) is 6.07 Å². The lowest BCUT2D eigenvalue weighted by Gasteiger charge is -2.34. The molecule has 178 valence electrons. The molecule has 1 aromatic heterocycles. The highest BCUT2D eigenvalue weighted by Gasteiger charge is 2.16. The Morgan fingerprint density at radius 2 is 1.79 bits per heavy atom. The number of nitrogens with zero attached hydrogens (tertiary/aromatic N) is 3. The Hall–Kier alpha value is -3.23. The molecule has 0 bridgehead atoms. The number of pyridine rings is 1. The van der Waals surface area contributed by atoms with E-state index in [4.69, 9.17) is 9.47 Å². The molecule has 1 fully saturated rings. The van der Waals surface area contributed by atoms with Crippen LogP contribution >= 0.6 is 11.8 Å². The van der Waals surface area contributed by atoms with Gasteiger partial charge >= 0.3 is 0 Å². The third kappa shape index (κ3) is 5.81. The molecule has 1 amide bonds. The van der Waals surface area contributed by atoms with Crippen LogP contribution in [-0.4, -0.2) is 63.2 Å². The van der Waals surface area contributed by atoms with Gasteiger partial charge in [-0.25, -0.2) is 4.98 Å². The molecule has 0 spiro atoms. The number of piperazine rings is 1. The molecule has 0 unspecified atom stereocenters. The lowest BCUT2D eigenvalue weighted by molar-refractivity contribution is 0.102. The molecule has 0 aliphatic carbocycles. The number of benzene rings is 2. The van der Waals surface area contributed by atoms with Crippen LogP contribution in [0.5, 0.6) is 11.5 Å². The Balaban J connectivity index is 1.42. The van der Waals surface area contributed by atoms with Crippen LogP contribution in [0.1, 0.15) is 15.9 Å². The summed E-state index contributed by atoms with van der Waals surface area (Å²) < 4.78 is 10.8. The topological polar surface area (TPSA) is 66.9 Å². The highest BCUT2D eigenvalue weighted by Crippen LogP contribution is 2.31. The number of thioether (sulfide) groups is 1. The van der Waals surface area contributed by atoms with Gasteiger partial charge in [-0.3, -0.25) is 4.79 Å². The normalized spacial score (nSPS) is 14.0. The van der Waals surface area contributed by atoms with Gasteiger partial charge < -0.3 is 24.6 Å². The Labute approximate surface area is 205 Å². The van der Waals surface area contributed by atoms with Gasteiger partial charge in [-0.05, 0) is 49.5 Å². The first-order valence-corrected chi connectivity index (χ1v) is 12.2. The Kier molecular flexibility index (Phi) is 7.92. The van der Waals surface area contributed by atoms with Gasteiger partial charge in [-0.15, -0.1) is 11.8 Å². The number of hydrogen-bond donors (Lipinski definition) is 1. The van der Waals surface area contributed by atoms with Crippen molar-refractivity contribution in [3.63, 3.8) is 0 Å². The first-order valence-electron chi connectivity index (χ1n) is 11.2. The van der Waals surface area contributed by atoms with E-state index in [-0.39, 0.29) is 5.91 Å². The summed E-state index contributed by atoms with van der Waals surface area (Å²) in [6.45, 7) is 4.14. The molecule has 2 aromatic carbocycles. The third-order valence-corrected chi connectivity index (χ3v) is 6.92. The molecule has 1 saturated heterocycles. The Morgan fingerprint density at radius 3 is 2.50 bits per heavy atom. The van der Waals surface area contributed by atoms with E-state index < -0.39 is 0 Å². The van der Waals surface area contributed by atoms with E-state index in [9.17, 15) is 4.79 Å². The number of ether oxygens (including phenoxy) is 2. The highest BCUT2D eigenvalue weighted by molar-refractivity contribution is 7.98. The van der Waals surface area contributed by atoms with E-state index in [1.807, 2.05) is 30.3 Å². The van der Waals surface area contributed by atoms with Crippen molar-refractivity contribution >= 4 is 29.0 Å². The van der Waals surface area contributed by atoms with Crippen molar-refractivity contribution in [2.24, 2.45) is 0 Å². The van der Waals surface area contributed by atoms with Crippen molar-refractivity contribution in [2.45, 2.75) is 10.8 Å². The smallest absolute Gasteiger partial charge is 0.258 e. The van der Waals surface area contributed by atoms with Crippen LogP contribution in [0.2, 0.25) is 0 Å². The second-order valence-corrected chi connectivity index (χ2v) is 9.08. The van der Waals surface area contributed by atoms with Gasteiger partial charge in [0.25, 0.3) is 5.91 Å². The molecule has 1 aliphatic heterocycles. The molecule has 3 aromatic rings. The van der Waals surface area contributed by atoms with Crippen molar-refractivity contribution in [2.75, 3.05) is 57.7 Å². The summed E-state index contributed by atoms with van der Waals surface area (Å²) in [6, 6.07) is 17.3. The average Bonchev–Trinajstić information content (AvgIpc) is 2.88. The number of hydrogen-bond acceptors (Lipinski definition) is 7. The summed E-state index contributed by atoms with van der Waals surface area (Å²) in [5.41, 5.74) is 3.49. The minimum atomic E-state index is -0.176. The SMILES string of the molecule is COc1ccc(CSc2ncccc2C(=O)Nc2ccc(N3CCN(C)CC3)cc2)c(OC)c1. The third-order valence-electron chi connectivity index (χ3n) is 5.87. The summed E-state index contributed by atoms with van der Waals surface area (Å²) in [7, 11) is 5.41. The molecule has 7 nitrogen and oxygen atoms in total. The number of aromatic nitrogens is 1. The minimum Gasteiger partial charge on any atom is -0.497 e. The molecule has 0 atom stereocenters. The monoisotopic (exact) mass is 478 g/mol. The second-order valence-electron chi connectivity index (χ2n) is 8.11. The largest absolute Gasteiger partial charge is 0.497 e. The van der Waals surface area contributed by atoms with Crippen LogP contribution in [-0.2, 0) is 5.75 Å². The number of carbonyl (C=O) groups excluding carboxylic acids is 1. The quantitative estimate of drug-likeness (QED) is 0.482.